The van der Waals surface area contributed by atoms with E-state index in [1.165, 1.54) is 18.2 Å². The van der Waals surface area contributed by atoms with Gasteiger partial charge in [-0.25, -0.2) is 0 Å². The zero-order valence-electron chi connectivity index (χ0n) is 10.7. The maximum atomic E-state index is 11.4. The van der Waals surface area contributed by atoms with E-state index in [9.17, 15) is 31.6 Å². The first-order valence-corrected chi connectivity index (χ1v) is 8.54. The molecule has 6 N–H and O–H groups in total. The Kier molecular flexibility index (Phi) is 3.79. The summed E-state index contributed by atoms with van der Waals surface area (Å²) in [5, 5.41) is 19.7. The maximum absolute atomic E-state index is 11.4. The number of aliphatic hydroxyl groups is 1. The van der Waals surface area contributed by atoms with Gasteiger partial charge in [-0.2, -0.15) is 16.8 Å². The molecule has 0 aliphatic rings. The molecule has 0 radical (unpaired) electrons. The minimum Gasteiger partial charge on any atom is -0.507 e. The summed E-state index contributed by atoms with van der Waals surface area (Å²) >= 11 is 0. The molecular weight excluding hydrogens is 338 g/mol. The Morgan fingerprint density at radius 2 is 1.64 bits per heavy atom. The number of anilines is 1. The van der Waals surface area contributed by atoms with Crippen molar-refractivity contribution in [3.63, 3.8) is 0 Å². The van der Waals surface area contributed by atoms with Crippen LogP contribution in [0.2, 0.25) is 0 Å². The van der Waals surface area contributed by atoms with E-state index in [4.69, 9.17) is 10.3 Å². The van der Waals surface area contributed by atoms with Crippen molar-refractivity contribution in [1.82, 2.24) is 0 Å². The van der Waals surface area contributed by atoms with Gasteiger partial charge in [-0.05, 0) is 23.6 Å². The Balaban J connectivity index is 3.02. The third kappa shape index (κ3) is 2.84. The molecule has 0 aromatic heterocycles. The number of aliphatic hydroxyl groups excluding tert-OH is 1. The first kappa shape index (κ1) is 16.5. The number of hydrogen-bond acceptors (Lipinski definition) is 7. The number of phenols is 1. The largest absolute Gasteiger partial charge is 0.507 e. The molecule has 2 aromatic carbocycles. The predicted octanol–water partition coefficient (Wildman–Crippen LogP) is 0.253. The van der Waals surface area contributed by atoms with Crippen molar-refractivity contribution in [3.05, 3.63) is 29.8 Å². The summed E-state index contributed by atoms with van der Waals surface area (Å²) in [6.45, 7) is 0. The van der Waals surface area contributed by atoms with Gasteiger partial charge in [0.15, 0.2) is 0 Å². The summed E-state index contributed by atoms with van der Waals surface area (Å²) in [6, 6.07) is 4.75. The van der Waals surface area contributed by atoms with Gasteiger partial charge in [0.05, 0.1) is 5.56 Å². The van der Waals surface area contributed by atoms with E-state index in [0.717, 1.165) is 6.07 Å². The third-order valence-electron chi connectivity index (χ3n) is 2.95. The number of phenolic OH excluding ortho intramolecular Hbond substituents is 1. The first-order valence-electron chi connectivity index (χ1n) is 5.60. The Morgan fingerprint density at radius 3 is 2.14 bits per heavy atom. The zero-order chi connectivity index (χ0) is 16.9. The van der Waals surface area contributed by atoms with E-state index in [-0.39, 0.29) is 16.5 Å². The lowest BCUT2D eigenvalue weighted by Crippen LogP contribution is -2.15. The van der Waals surface area contributed by atoms with E-state index in [2.05, 4.69) is 0 Å². The van der Waals surface area contributed by atoms with Crippen LogP contribution in [0.3, 0.4) is 0 Å². The van der Waals surface area contributed by atoms with Crippen LogP contribution in [0.1, 0.15) is 11.0 Å². The van der Waals surface area contributed by atoms with E-state index >= 15 is 0 Å². The molecule has 22 heavy (non-hydrogen) atoms. The van der Waals surface area contributed by atoms with Gasteiger partial charge in [-0.3, -0.25) is 9.11 Å². The SMILES string of the molecule is Nc1ccc2cc(S(=O)(=O)O)c(C(O)S(=O)(=O)O)c(O)c2c1. The quantitative estimate of drug-likeness (QED) is 0.384. The highest BCUT2D eigenvalue weighted by molar-refractivity contribution is 7.86. The number of rotatable bonds is 3. The fourth-order valence-corrected chi connectivity index (χ4v) is 3.36. The lowest BCUT2D eigenvalue weighted by atomic mass is 10.0. The number of hydrogen-bond donors (Lipinski definition) is 5. The van der Waals surface area contributed by atoms with Crippen LogP contribution in [0, 0.1) is 0 Å². The molecule has 1 atom stereocenters. The van der Waals surface area contributed by atoms with Crippen LogP contribution in [-0.4, -0.2) is 36.2 Å². The molecule has 2 rings (SSSR count). The lowest BCUT2D eigenvalue weighted by molar-refractivity contribution is 0.230. The normalized spacial score (nSPS) is 14.1. The van der Waals surface area contributed by atoms with Gasteiger partial charge >= 0.3 is 0 Å². The summed E-state index contributed by atoms with van der Waals surface area (Å²) in [7, 11) is -10.1. The molecule has 2 aromatic rings. The van der Waals surface area contributed by atoms with Crippen LogP contribution >= 0.6 is 0 Å². The maximum Gasteiger partial charge on any atom is 0.296 e. The van der Waals surface area contributed by atoms with Crippen molar-refractivity contribution in [2.24, 2.45) is 0 Å². The van der Waals surface area contributed by atoms with Gasteiger partial charge in [0.25, 0.3) is 20.2 Å². The number of fused-ring (bicyclic) bond motifs is 1. The third-order valence-corrected chi connectivity index (χ3v) is 4.64. The molecule has 0 aliphatic carbocycles. The summed E-state index contributed by atoms with van der Waals surface area (Å²) in [4.78, 5) is -1.05. The Labute approximate surface area is 125 Å². The van der Waals surface area contributed by atoms with E-state index in [1.807, 2.05) is 0 Å². The molecule has 0 aliphatic heterocycles. The van der Waals surface area contributed by atoms with Crippen LogP contribution in [-0.2, 0) is 20.2 Å². The summed E-state index contributed by atoms with van der Waals surface area (Å²) < 4.78 is 62.9. The molecule has 11 heteroatoms. The molecule has 120 valence electrons. The molecule has 9 nitrogen and oxygen atoms in total. The van der Waals surface area contributed by atoms with Crippen molar-refractivity contribution in [1.29, 1.82) is 0 Å². The van der Waals surface area contributed by atoms with Crippen LogP contribution < -0.4 is 5.73 Å². The number of nitrogen functional groups attached to an aromatic ring is 1. The monoisotopic (exact) mass is 349 g/mol. The average Bonchev–Trinajstić information content (AvgIpc) is 2.36. The van der Waals surface area contributed by atoms with E-state index in [0.29, 0.717) is 0 Å². The molecule has 0 fully saturated rings. The second-order valence-electron chi connectivity index (χ2n) is 4.46. The summed E-state index contributed by atoms with van der Waals surface area (Å²) in [5.41, 5.74) is 1.86. The van der Waals surface area contributed by atoms with Gasteiger partial charge in [-0.15, -0.1) is 0 Å². The van der Waals surface area contributed by atoms with Crippen molar-refractivity contribution in [3.8, 4) is 5.75 Å². The molecule has 0 amide bonds. The topological polar surface area (TPSA) is 175 Å². The second-order valence-corrected chi connectivity index (χ2v) is 7.33. The highest BCUT2D eigenvalue weighted by atomic mass is 32.2. The minimum absolute atomic E-state index is 0.0647. The Bertz CT molecular complexity index is 965. The van der Waals surface area contributed by atoms with Gasteiger partial charge in [-0.1, -0.05) is 6.07 Å². The molecule has 0 heterocycles. The van der Waals surface area contributed by atoms with Gasteiger partial charge in [0, 0.05) is 11.1 Å². The van der Waals surface area contributed by atoms with Crippen LogP contribution in [0.4, 0.5) is 5.69 Å². The highest BCUT2D eigenvalue weighted by Gasteiger charge is 2.33. The van der Waals surface area contributed by atoms with E-state index < -0.39 is 41.9 Å². The minimum atomic E-state index is -5.15. The standard InChI is InChI=1S/C11H11NO8S2/c12-6-2-1-5-3-8(21(15,16)17)9(10(13)7(5)4-6)11(14)22(18,19)20/h1-4,11,13-14H,12H2,(H,15,16,17)(H,18,19,20). The second kappa shape index (κ2) is 5.07. The van der Waals surface area contributed by atoms with E-state index in [1.54, 1.807) is 0 Å². The van der Waals surface area contributed by atoms with Crippen molar-refractivity contribution in [2.75, 3.05) is 5.73 Å². The van der Waals surface area contributed by atoms with Gasteiger partial charge in [0.1, 0.15) is 10.6 Å². The molecule has 0 bridgehead atoms. The summed E-state index contributed by atoms with van der Waals surface area (Å²) in [6.07, 6.45) is 0. The highest BCUT2D eigenvalue weighted by Crippen LogP contribution is 2.40. The predicted molar refractivity (Wildman–Crippen MR) is 76.3 cm³/mol. The van der Waals surface area contributed by atoms with Crippen molar-refractivity contribution >= 4 is 36.7 Å². The molecule has 1 unspecified atom stereocenters. The lowest BCUT2D eigenvalue weighted by Gasteiger charge is -2.16. The fourth-order valence-electron chi connectivity index (χ4n) is 1.99. The zero-order valence-corrected chi connectivity index (χ0v) is 12.3. The number of benzene rings is 2. The van der Waals surface area contributed by atoms with Crippen LogP contribution in [0.5, 0.6) is 5.75 Å². The van der Waals surface area contributed by atoms with Crippen LogP contribution in [0.25, 0.3) is 10.8 Å². The number of aromatic hydroxyl groups is 1. The van der Waals surface area contributed by atoms with Crippen molar-refractivity contribution < 1.29 is 36.2 Å². The Morgan fingerprint density at radius 1 is 1.05 bits per heavy atom. The summed E-state index contributed by atoms with van der Waals surface area (Å²) in [5.74, 6) is -0.942. The fraction of sp³-hybridized carbons (Fsp3) is 0.0909. The average molecular weight is 349 g/mol. The molecule has 0 saturated heterocycles. The smallest absolute Gasteiger partial charge is 0.296 e. The molecule has 0 spiro atoms. The first-order chi connectivity index (χ1) is 9.93. The molecule has 0 saturated carbocycles. The number of nitrogens with two attached hydrogens (primary N) is 1. The molecular formula is C11H11NO8S2. The Hall–Kier alpha value is -1.92. The van der Waals surface area contributed by atoms with Gasteiger partial charge < -0.3 is 15.9 Å². The van der Waals surface area contributed by atoms with Crippen LogP contribution in [0.15, 0.2) is 29.2 Å². The van der Waals surface area contributed by atoms with Gasteiger partial charge in [0.2, 0.25) is 5.44 Å². The van der Waals surface area contributed by atoms with Crippen molar-refractivity contribution in [2.45, 2.75) is 10.3 Å².